The van der Waals surface area contributed by atoms with Crippen molar-refractivity contribution >= 4 is 28.0 Å². The summed E-state index contributed by atoms with van der Waals surface area (Å²) >= 11 is 1.57. The number of ether oxygens (including phenoxy) is 2. The molecule has 2 aromatic rings. The van der Waals surface area contributed by atoms with Gasteiger partial charge >= 0.3 is 0 Å². The molecule has 178 valence electrons. The van der Waals surface area contributed by atoms with Gasteiger partial charge < -0.3 is 14.8 Å². The fourth-order valence-corrected chi connectivity index (χ4v) is 6.36. The van der Waals surface area contributed by atoms with Gasteiger partial charge in [0.1, 0.15) is 24.3 Å². The number of nitrogens with zero attached hydrogens (tertiary/aromatic N) is 2. The van der Waals surface area contributed by atoms with Gasteiger partial charge in [0, 0.05) is 16.4 Å². The molecule has 3 aliphatic rings. The third-order valence-corrected chi connectivity index (χ3v) is 8.15. The van der Waals surface area contributed by atoms with Crippen LogP contribution in [0.1, 0.15) is 58.5 Å². The fraction of sp³-hybridized carbons (Fsp3) is 0.500. The van der Waals surface area contributed by atoms with Gasteiger partial charge in [0.05, 0.1) is 12.1 Å². The van der Waals surface area contributed by atoms with E-state index in [1.807, 2.05) is 6.07 Å². The number of piperidine rings is 1. The van der Waals surface area contributed by atoms with E-state index in [9.17, 15) is 14.9 Å². The van der Waals surface area contributed by atoms with Gasteiger partial charge in [0.2, 0.25) is 5.91 Å². The van der Waals surface area contributed by atoms with Crippen LogP contribution in [0.5, 0.6) is 11.5 Å². The standard InChI is InChI=1S/C26H29N3O4S/c27-15-20-19-4-2-1-3-5-23(19)34-26(20)28-24(30)16-29-10-8-17(9-11-29)25(31)18-6-7-21-22(14-18)33-13-12-32-21/h6-7,14,17H,1-5,8-13,16H2,(H,28,30). The summed E-state index contributed by atoms with van der Waals surface area (Å²) in [7, 11) is 0. The number of nitrogens with one attached hydrogen (secondary N) is 1. The molecule has 1 N–H and O–H groups in total. The Morgan fingerprint density at radius 3 is 2.65 bits per heavy atom. The highest BCUT2D eigenvalue weighted by atomic mass is 32.1. The third kappa shape index (κ3) is 4.82. The Kier molecular flexibility index (Phi) is 6.84. The first-order valence-electron chi connectivity index (χ1n) is 12.1. The zero-order valence-corrected chi connectivity index (χ0v) is 20.0. The number of aryl methyl sites for hydroxylation is 1. The van der Waals surface area contributed by atoms with Crippen LogP contribution in [0.25, 0.3) is 0 Å². The van der Waals surface area contributed by atoms with E-state index in [4.69, 9.17) is 9.47 Å². The van der Waals surface area contributed by atoms with Crippen LogP contribution in [-0.2, 0) is 17.6 Å². The molecule has 0 spiro atoms. The van der Waals surface area contributed by atoms with Gasteiger partial charge in [-0.25, -0.2) is 0 Å². The van der Waals surface area contributed by atoms with Crippen LogP contribution in [0, 0.1) is 17.2 Å². The maximum Gasteiger partial charge on any atom is 0.239 e. The first-order chi connectivity index (χ1) is 16.6. The molecule has 0 radical (unpaired) electrons. The molecule has 0 bridgehead atoms. The Morgan fingerprint density at radius 2 is 1.85 bits per heavy atom. The molecular formula is C26H29N3O4S. The van der Waals surface area contributed by atoms with Crippen LogP contribution in [-0.4, -0.2) is 49.4 Å². The average molecular weight is 480 g/mol. The third-order valence-electron chi connectivity index (χ3n) is 6.94. The second kappa shape index (κ2) is 10.2. The maximum atomic E-state index is 13.0. The van der Waals surface area contributed by atoms with Crippen molar-refractivity contribution < 1.29 is 19.1 Å². The number of carbonyl (C=O) groups is 2. The van der Waals surface area contributed by atoms with Crippen LogP contribution in [0.3, 0.4) is 0 Å². The molecule has 3 heterocycles. The van der Waals surface area contributed by atoms with Crippen molar-refractivity contribution in [2.24, 2.45) is 5.92 Å². The number of thiophene rings is 1. The van der Waals surface area contributed by atoms with Crippen LogP contribution in [0.4, 0.5) is 5.00 Å². The van der Waals surface area contributed by atoms with Crippen molar-refractivity contribution in [1.29, 1.82) is 5.26 Å². The number of carbonyl (C=O) groups excluding carboxylic acids is 2. The number of amides is 1. The minimum Gasteiger partial charge on any atom is -0.486 e. The van der Waals surface area contributed by atoms with Gasteiger partial charge in [-0.05, 0) is 75.4 Å². The molecule has 5 rings (SSSR count). The molecule has 2 aliphatic heterocycles. The predicted molar refractivity (Wildman–Crippen MR) is 130 cm³/mol. The zero-order chi connectivity index (χ0) is 23.5. The zero-order valence-electron chi connectivity index (χ0n) is 19.2. The monoisotopic (exact) mass is 479 g/mol. The normalized spacial score (nSPS) is 18.4. The first-order valence-corrected chi connectivity index (χ1v) is 12.9. The molecule has 7 nitrogen and oxygen atoms in total. The number of hydrogen-bond donors (Lipinski definition) is 1. The number of nitriles is 1. The summed E-state index contributed by atoms with van der Waals surface area (Å²) in [5, 5.41) is 13.4. The summed E-state index contributed by atoms with van der Waals surface area (Å²) in [5.74, 6) is 1.29. The van der Waals surface area contributed by atoms with Crippen molar-refractivity contribution in [3.63, 3.8) is 0 Å². The lowest BCUT2D eigenvalue weighted by Gasteiger charge is -2.30. The minimum atomic E-state index is -0.0930. The molecular weight excluding hydrogens is 450 g/mol. The average Bonchev–Trinajstić information content (AvgIpc) is 3.02. The number of rotatable bonds is 5. The highest BCUT2D eigenvalue weighted by Gasteiger charge is 2.28. The number of likely N-dealkylation sites (tertiary alicyclic amines) is 1. The SMILES string of the molecule is N#Cc1c(NC(=O)CN2CCC(C(=O)c3ccc4c(c3)OCCO4)CC2)sc2c1CCCCC2. The van der Waals surface area contributed by atoms with Crippen molar-refractivity contribution in [1.82, 2.24) is 4.90 Å². The summed E-state index contributed by atoms with van der Waals surface area (Å²) in [5.41, 5.74) is 2.44. The van der Waals surface area contributed by atoms with E-state index in [-0.39, 0.29) is 24.2 Å². The summed E-state index contributed by atoms with van der Waals surface area (Å²) < 4.78 is 11.2. The van der Waals surface area contributed by atoms with Gasteiger partial charge in [-0.3, -0.25) is 14.5 Å². The van der Waals surface area contributed by atoms with Crippen molar-refractivity contribution in [3.8, 4) is 17.6 Å². The van der Waals surface area contributed by atoms with Crippen LogP contribution < -0.4 is 14.8 Å². The Morgan fingerprint density at radius 1 is 1.09 bits per heavy atom. The topological polar surface area (TPSA) is 91.7 Å². The highest BCUT2D eigenvalue weighted by Crippen LogP contribution is 2.37. The Hall–Kier alpha value is -2.89. The van der Waals surface area contributed by atoms with Crippen molar-refractivity contribution in [2.45, 2.75) is 44.9 Å². The van der Waals surface area contributed by atoms with E-state index in [0.29, 0.717) is 53.9 Å². The number of ketones is 1. The highest BCUT2D eigenvalue weighted by molar-refractivity contribution is 7.16. The van der Waals surface area contributed by atoms with E-state index < -0.39 is 0 Å². The molecule has 1 aromatic carbocycles. The van der Waals surface area contributed by atoms with E-state index >= 15 is 0 Å². The summed E-state index contributed by atoms with van der Waals surface area (Å²) in [6, 6.07) is 7.72. The number of hydrogen-bond acceptors (Lipinski definition) is 7. The van der Waals surface area contributed by atoms with E-state index in [2.05, 4.69) is 16.3 Å². The second-order valence-electron chi connectivity index (χ2n) is 9.20. The molecule has 1 amide bonds. The molecule has 0 unspecified atom stereocenters. The molecule has 1 fully saturated rings. The Balaban J connectivity index is 1.15. The Labute approximate surface area is 203 Å². The van der Waals surface area contributed by atoms with Crippen molar-refractivity contribution in [2.75, 3.05) is 38.2 Å². The lowest BCUT2D eigenvalue weighted by atomic mass is 9.88. The summed E-state index contributed by atoms with van der Waals surface area (Å²) in [6.45, 7) is 2.69. The quantitative estimate of drug-likeness (QED) is 0.511. The molecule has 1 aliphatic carbocycles. The number of Topliss-reactive ketones (excluding diaryl/α,β-unsaturated/α-hetero) is 1. The Bertz CT molecular complexity index is 1130. The largest absolute Gasteiger partial charge is 0.486 e. The van der Waals surface area contributed by atoms with E-state index in [0.717, 1.165) is 44.1 Å². The maximum absolute atomic E-state index is 13.0. The van der Waals surface area contributed by atoms with E-state index in [1.165, 1.54) is 11.3 Å². The summed E-state index contributed by atoms with van der Waals surface area (Å²) in [4.78, 5) is 29.1. The van der Waals surface area contributed by atoms with Crippen LogP contribution in [0.2, 0.25) is 0 Å². The van der Waals surface area contributed by atoms with Gasteiger partial charge in [0.25, 0.3) is 0 Å². The molecule has 0 atom stereocenters. The molecule has 0 saturated carbocycles. The molecule has 8 heteroatoms. The smallest absolute Gasteiger partial charge is 0.239 e. The van der Waals surface area contributed by atoms with Gasteiger partial charge in [-0.15, -0.1) is 11.3 Å². The predicted octanol–water partition coefficient (Wildman–Crippen LogP) is 4.19. The van der Waals surface area contributed by atoms with Crippen molar-refractivity contribution in [3.05, 3.63) is 39.8 Å². The van der Waals surface area contributed by atoms with Crippen LogP contribution >= 0.6 is 11.3 Å². The number of anilines is 1. The lowest BCUT2D eigenvalue weighted by molar-refractivity contribution is -0.117. The van der Waals surface area contributed by atoms with Gasteiger partial charge in [-0.1, -0.05) is 6.42 Å². The minimum absolute atomic E-state index is 0.0555. The lowest BCUT2D eigenvalue weighted by Crippen LogP contribution is -2.40. The first kappa shape index (κ1) is 22.9. The second-order valence-corrected chi connectivity index (χ2v) is 10.3. The van der Waals surface area contributed by atoms with E-state index in [1.54, 1.807) is 23.5 Å². The number of benzene rings is 1. The summed E-state index contributed by atoms with van der Waals surface area (Å²) in [6.07, 6.45) is 6.80. The van der Waals surface area contributed by atoms with Crippen LogP contribution in [0.15, 0.2) is 18.2 Å². The number of fused-ring (bicyclic) bond motifs is 2. The molecule has 34 heavy (non-hydrogen) atoms. The fourth-order valence-electron chi connectivity index (χ4n) is 5.10. The van der Waals surface area contributed by atoms with Gasteiger partial charge in [0.15, 0.2) is 17.3 Å². The molecule has 1 saturated heterocycles. The molecule has 1 aromatic heterocycles. The van der Waals surface area contributed by atoms with Gasteiger partial charge in [-0.2, -0.15) is 5.26 Å².